The number of nitrogens with zero attached hydrogens (tertiary/aromatic N) is 1. The number of hydrogen-bond acceptors (Lipinski definition) is 6. The fourth-order valence-electron chi connectivity index (χ4n) is 3.48. The van der Waals surface area contributed by atoms with E-state index in [-0.39, 0.29) is 6.42 Å². The fourth-order valence-corrected chi connectivity index (χ4v) is 4.69. The molecule has 0 saturated carbocycles. The normalized spacial score (nSPS) is 13.1. The summed E-state index contributed by atoms with van der Waals surface area (Å²) in [6, 6.07) is 10.6. The lowest BCUT2D eigenvalue weighted by Crippen LogP contribution is -2.49. The van der Waals surface area contributed by atoms with Crippen molar-refractivity contribution in [1.29, 1.82) is 0 Å². The number of anilines is 1. The van der Waals surface area contributed by atoms with E-state index in [4.69, 9.17) is 14.2 Å². The highest BCUT2D eigenvalue weighted by atomic mass is 32.2. The Labute approximate surface area is 190 Å². The van der Waals surface area contributed by atoms with Crippen LogP contribution in [0.4, 0.5) is 5.69 Å². The van der Waals surface area contributed by atoms with Crippen molar-refractivity contribution < 1.29 is 27.4 Å². The number of carbonyl (C=O) groups excluding carboxylic acids is 1. The van der Waals surface area contributed by atoms with Gasteiger partial charge in [-0.05, 0) is 62.7 Å². The Balaban J connectivity index is 2.34. The predicted molar refractivity (Wildman–Crippen MR) is 125 cm³/mol. The lowest BCUT2D eigenvalue weighted by molar-refractivity contribution is -0.122. The standard InChI is InChI=1S/C23H32N2O6S/c1-7-21(25(32(6,27)28)17-9-11-18(12-10-17)31-8-2)23(26)24-16(3)20-15-19(29-4)13-14-22(20)30-5/h9-16,21H,7-8H2,1-6H3,(H,24,26)/t16-,21+/m1/s1. The molecule has 1 amide bonds. The third-order valence-corrected chi connectivity index (χ3v) is 6.17. The number of carbonyl (C=O) groups is 1. The van der Waals surface area contributed by atoms with E-state index in [0.29, 0.717) is 29.5 Å². The van der Waals surface area contributed by atoms with Crippen LogP contribution in [0.3, 0.4) is 0 Å². The second-order valence-electron chi connectivity index (χ2n) is 7.25. The first kappa shape index (κ1) is 25.3. The molecule has 0 aromatic heterocycles. The van der Waals surface area contributed by atoms with Gasteiger partial charge in [-0.3, -0.25) is 9.10 Å². The lowest BCUT2D eigenvalue weighted by atomic mass is 10.1. The molecule has 8 nitrogen and oxygen atoms in total. The maximum absolute atomic E-state index is 13.2. The van der Waals surface area contributed by atoms with Gasteiger partial charge in [-0.15, -0.1) is 0 Å². The second-order valence-corrected chi connectivity index (χ2v) is 9.11. The maximum atomic E-state index is 13.2. The second kappa shape index (κ2) is 11.1. The van der Waals surface area contributed by atoms with Gasteiger partial charge in [0.2, 0.25) is 15.9 Å². The van der Waals surface area contributed by atoms with E-state index in [0.717, 1.165) is 16.1 Å². The Hall–Kier alpha value is -2.94. The van der Waals surface area contributed by atoms with Crippen molar-refractivity contribution in [2.24, 2.45) is 0 Å². The SMILES string of the molecule is CCOc1ccc(N([C@@H](CC)C(=O)N[C@H](C)c2cc(OC)ccc2OC)S(C)(=O)=O)cc1. The molecule has 0 unspecified atom stereocenters. The minimum atomic E-state index is -3.74. The zero-order chi connectivity index (χ0) is 23.9. The first-order valence-corrected chi connectivity index (χ1v) is 12.3. The number of methoxy groups -OCH3 is 2. The Bertz CT molecular complexity index is 1010. The molecule has 0 bridgehead atoms. The topological polar surface area (TPSA) is 94.2 Å². The number of ether oxygens (including phenoxy) is 3. The number of amides is 1. The smallest absolute Gasteiger partial charge is 0.244 e. The van der Waals surface area contributed by atoms with Crippen molar-refractivity contribution in [3.05, 3.63) is 48.0 Å². The number of sulfonamides is 1. The minimum absolute atomic E-state index is 0.286. The Morgan fingerprint density at radius 2 is 1.66 bits per heavy atom. The first-order valence-electron chi connectivity index (χ1n) is 10.4. The van der Waals surface area contributed by atoms with Crippen LogP contribution in [0.5, 0.6) is 17.2 Å². The van der Waals surface area contributed by atoms with E-state index in [1.807, 2.05) is 13.8 Å². The van der Waals surface area contributed by atoms with Crippen molar-refractivity contribution in [3.63, 3.8) is 0 Å². The van der Waals surface area contributed by atoms with Crippen molar-refractivity contribution in [2.75, 3.05) is 31.4 Å². The molecule has 0 spiro atoms. The maximum Gasteiger partial charge on any atom is 0.244 e. The van der Waals surface area contributed by atoms with E-state index in [1.54, 1.807) is 63.6 Å². The molecule has 0 heterocycles. The molecule has 9 heteroatoms. The average molecular weight is 465 g/mol. The van der Waals surface area contributed by atoms with Gasteiger partial charge in [0.1, 0.15) is 23.3 Å². The zero-order valence-electron chi connectivity index (χ0n) is 19.4. The monoisotopic (exact) mass is 464 g/mol. The summed E-state index contributed by atoms with van der Waals surface area (Å²) in [6.45, 7) is 5.95. The molecule has 0 aliphatic heterocycles. The van der Waals surface area contributed by atoms with E-state index >= 15 is 0 Å². The average Bonchev–Trinajstić information content (AvgIpc) is 2.76. The summed E-state index contributed by atoms with van der Waals surface area (Å²) in [5.41, 5.74) is 1.12. The summed E-state index contributed by atoms with van der Waals surface area (Å²) in [5, 5.41) is 2.92. The molecular formula is C23H32N2O6S. The largest absolute Gasteiger partial charge is 0.497 e. The van der Waals surface area contributed by atoms with Gasteiger partial charge in [-0.2, -0.15) is 0 Å². The number of benzene rings is 2. The van der Waals surface area contributed by atoms with Crippen LogP contribution >= 0.6 is 0 Å². The molecule has 32 heavy (non-hydrogen) atoms. The molecule has 176 valence electrons. The summed E-state index contributed by atoms with van der Waals surface area (Å²) in [4.78, 5) is 13.2. The van der Waals surface area contributed by atoms with Gasteiger partial charge < -0.3 is 19.5 Å². The van der Waals surface area contributed by atoms with Crippen LogP contribution in [0.15, 0.2) is 42.5 Å². The van der Waals surface area contributed by atoms with E-state index < -0.39 is 28.0 Å². The molecule has 0 fully saturated rings. The lowest BCUT2D eigenvalue weighted by Gasteiger charge is -2.31. The number of hydrogen-bond donors (Lipinski definition) is 1. The van der Waals surface area contributed by atoms with Crippen molar-refractivity contribution in [2.45, 2.75) is 39.3 Å². The minimum Gasteiger partial charge on any atom is -0.497 e. The van der Waals surface area contributed by atoms with Crippen LogP contribution in [0.1, 0.15) is 38.8 Å². The van der Waals surface area contributed by atoms with E-state index in [1.165, 1.54) is 0 Å². The molecular weight excluding hydrogens is 432 g/mol. The molecule has 0 aliphatic rings. The van der Waals surface area contributed by atoms with Gasteiger partial charge in [0.25, 0.3) is 0 Å². The van der Waals surface area contributed by atoms with Gasteiger partial charge >= 0.3 is 0 Å². The van der Waals surface area contributed by atoms with Crippen LogP contribution in [0.25, 0.3) is 0 Å². The number of rotatable bonds is 11. The molecule has 0 saturated heterocycles. The Morgan fingerprint density at radius 3 is 2.16 bits per heavy atom. The van der Waals surface area contributed by atoms with Crippen LogP contribution < -0.4 is 23.8 Å². The van der Waals surface area contributed by atoms with Crippen LogP contribution in [0, 0.1) is 0 Å². The molecule has 2 rings (SSSR count). The molecule has 0 radical (unpaired) electrons. The number of nitrogens with one attached hydrogen (secondary N) is 1. The van der Waals surface area contributed by atoms with Crippen molar-refractivity contribution in [1.82, 2.24) is 5.32 Å². The third-order valence-electron chi connectivity index (χ3n) is 4.99. The van der Waals surface area contributed by atoms with Crippen LogP contribution in [-0.4, -0.2) is 47.4 Å². The quantitative estimate of drug-likeness (QED) is 0.547. The van der Waals surface area contributed by atoms with Gasteiger partial charge in [0.15, 0.2) is 0 Å². The summed E-state index contributed by atoms with van der Waals surface area (Å²) in [5.74, 6) is 1.43. The third kappa shape index (κ3) is 6.06. The highest BCUT2D eigenvalue weighted by Crippen LogP contribution is 2.30. The van der Waals surface area contributed by atoms with E-state index in [2.05, 4.69) is 5.32 Å². The first-order chi connectivity index (χ1) is 15.2. The predicted octanol–water partition coefficient (Wildman–Crippen LogP) is 3.52. The summed E-state index contributed by atoms with van der Waals surface area (Å²) < 4.78 is 42.6. The van der Waals surface area contributed by atoms with Crippen molar-refractivity contribution >= 4 is 21.6 Å². The summed E-state index contributed by atoms with van der Waals surface area (Å²) in [7, 11) is -0.630. The summed E-state index contributed by atoms with van der Waals surface area (Å²) in [6.07, 6.45) is 1.38. The molecule has 1 N–H and O–H groups in total. The van der Waals surface area contributed by atoms with Crippen molar-refractivity contribution in [3.8, 4) is 17.2 Å². The van der Waals surface area contributed by atoms with Gasteiger partial charge in [-0.1, -0.05) is 6.92 Å². The van der Waals surface area contributed by atoms with E-state index in [9.17, 15) is 13.2 Å². The zero-order valence-corrected chi connectivity index (χ0v) is 20.2. The highest BCUT2D eigenvalue weighted by molar-refractivity contribution is 7.92. The van der Waals surface area contributed by atoms with Crippen LogP contribution in [0.2, 0.25) is 0 Å². The molecule has 2 aromatic carbocycles. The van der Waals surface area contributed by atoms with Gasteiger partial charge in [-0.25, -0.2) is 8.42 Å². The van der Waals surface area contributed by atoms with Crippen LogP contribution in [-0.2, 0) is 14.8 Å². The van der Waals surface area contributed by atoms with Gasteiger partial charge in [0.05, 0.1) is 38.8 Å². The summed E-state index contributed by atoms with van der Waals surface area (Å²) >= 11 is 0. The Kier molecular flexibility index (Phi) is 8.77. The highest BCUT2D eigenvalue weighted by Gasteiger charge is 2.32. The molecule has 0 aliphatic carbocycles. The molecule has 2 atom stereocenters. The molecule has 2 aromatic rings. The Morgan fingerprint density at radius 1 is 1.03 bits per heavy atom. The van der Waals surface area contributed by atoms with Gasteiger partial charge in [0, 0.05) is 5.56 Å². The fraction of sp³-hybridized carbons (Fsp3) is 0.435.